The van der Waals surface area contributed by atoms with Crippen molar-refractivity contribution in [3.63, 3.8) is 0 Å². The molecule has 1 fully saturated rings. The van der Waals surface area contributed by atoms with Crippen LogP contribution in [0.5, 0.6) is 0 Å². The smallest absolute Gasteiger partial charge is 0.150 e. The van der Waals surface area contributed by atoms with E-state index in [0.717, 1.165) is 17.8 Å². The maximum atomic E-state index is 10.5. The summed E-state index contributed by atoms with van der Waals surface area (Å²) in [5.41, 5.74) is 2.15. The third-order valence-electron chi connectivity index (χ3n) is 3.43. The van der Waals surface area contributed by atoms with Gasteiger partial charge in [-0.25, -0.2) is 0 Å². The van der Waals surface area contributed by atoms with Crippen molar-refractivity contribution in [3.05, 3.63) is 35.4 Å². The Morgan fingerprint density at radius 3 is 2.40 bits per heavy atom. The van der Waals surface area contributed by atoms with Crippen LogP contribution in [0, 0.1) is 5.92 Å². The molecule has 2 rings (SSSR count). The SMILES string of the molecule is O=Cc1ccc(CCC2CCCC2)cc1. The molecular formula is C14H18O. The fraction of sp³-hybridized carbons (Fsp3) is 0.500. The van der Waals surface area contributed by atoms with Gasteiger partial charge in [-0.15, -0.1) is 0 Å². The summed E-state index contributed by atoms with van der Waals surface area (Å²) < 4.78 is 0. The van der Waals surface area contributed by atoms with Gasteiger partial charge in [0.1, 0.15) is 6.29 Å². The van der Waals surface area contributed by atoms with E-state index < -0.39 is 0 Å². The lowest BCUT2D eigenvalue weighted by molar-refractivity contribution is 0.112. The molecule has 0 unspecified atom stereocenters. The summed E-state index contributed by atoms with van der Waals surface area (Å²) in [6.07, 6.45) is 9.09. The second kappa shape index (κ2) is 5.11. The number of carbonyl (C=O) groups is 1. The van der Waals surface area contributed by atoms with E-state index in [1.165, 1.54) is 44.1 Å². The number of rotatable bonds is 4. The van der Waals surface area contributed by atoms with Gasteiger partial charge in [0, 0.05) is 5.56 Å². The highest BCUT2D eigenvalue weighted by Crippen LogP contribution is 2.28. The first-order valence-corrected chi connectivity index (χ1v) is 5.92. The van der Waals surface area contributed by atoms with Crippen molar-refractivity contribution in [3.8, 4) is 0 Å². The summed E-state index contributed by atoms with van der Waals surface area (Å²) >= 11 is 0. The fourth-order valence-electron chi connectivity index (χ4n) is 2.43. The Morgan fingerprint density at radius 1 is 1.13 bits per heavy atom. The summed E-state index contributed by atoms with van der Waals surface area (Å²) in [5.74, 6) is 0.954. The van der Waals surface area contributed by atoms with Crippen LogP contribution in [0.1, 0.15) is 48.0 Å². The van der Waals surface area contributed by atoms with Crippen molar-refractivity contribution in [2.24, 2.45) is 5.92 Å². The van der Waals surface area contributed by atoms with E-state index in [9.17, 15) is 4.79 Å². The van der Waals surface area contributed by atoms with E-state index in [-0.39, 0.29) is 0 Å². The second-order valence-corrected chi connectivity index (χ2v) is 4.55. The van der Waals surface area contributed by atoms with Gasteiger partial charge in [0.05, 0.1) is 0 Å². The molecule has 80 valence electrons. The molecule has 0 N–H and O–H groups in total. The zero-order valence-corrected chi connectivity index (χ0v) is 9.11. The molecule has 0 heterocycles. The number of carbonyl (C=O) groups excluding carboxylic acids is 1. The lowest BCUT2D eigenvalue weighted by atomic mass is 9.98. The monoisotopic (exact) mass is 202 g/mol. The van der Waals surface area contributed by atoms with Crippen molar-refractivity contribution in [1.82, 2.24) is 0 Å². The Kier molecular flexibility index (Phi) is 3.54. The third kappa shape index (κ3) is 2.92. The van der Waals surface area contributed by atoms with Crippen LogP contribution >= 0.6 is 0 Å². The fourth-order valence-corrected chi connectivity index (χ4v) is 2.43. The molecule has 1 saturated carbocycles. The Labute approximate surface area is 91.5 Å². The highest BCUT2D eigenvalue weighted by atomic mass is 16.1. The highest BCUT2D eigenvalue weighted by Gasteiger charge is 2.14. The van der Waals surface area contributed by atoms with E-state index in [4.69, 9.17) is 0 Å². The zero-order valence-electron chi connectivity index (χ0n) is 9.11. The molecule has 15 heavy (non-hydrogen) atoms. The summed E-state index contributed by atoms with van der Waals surface area (Å²) in [4.78, 5) is 10.5. The van der Waals surface area contributed by atoms with Gasteiger partial charge in [0.2, 0.25) is 0 Å². The second-order valence-electron chi connectivity index (χ2n) is 4.55. The largest absolute Gasteiger partial charge is 0.298 e. The summed E-state index contributed by atoms with van der Waals surface area (Å²) in [7, 11) is 0. The normalized spacial score (nSPS) is 16.8. The number of aryl methyl sites for hydroxylation is 1. The molecule has 0 saturated heterocycles. The molecule has 0 aromatic heterocycles. The first-order chi connectivity index (χ1) is 7.38. The molecule has 1 aromatic rings. The van der Waals surface area contributed by atoms with Crippen LogP contribution in [0.2, 0.25) is 0 Å². The maximum absolute atomic E-state index is 10.5. The molecule has 1 aromatic carbocycles. The quantitative estimate of drug-likeness (QED) is 0.681. The van der Waals surface area contributed by atoms with Gasteiger partial charge in [0.25, 0.3) is 0 Å². The highest BCUT2D eigenvalue weighted by molar-refractivity contribution is 5.74. The van der Waals surface area contributed by atoms with Crippen LogP contribution in [0.15, 0.2) is 24.3 Å². The van der Waals surface area contributed by atoms with Crippen LogP contribution in [0.25, 0.3) is 0 Å². The summed E-state index contributed by atoms with van der Waals surface area (Å²) in [6, 6.07) is 7.99. The number of hydrogen-bond acceptors (Lipinski definition) is 1. The summed E-state index contributed by atoms with van der Waals surface area (Å²) in [5, 5.41) is 0. The average Bonchev–Trinajstić information content (AvgIpc) is 2.80. The van der Waals surface area contributed by atoms with Crippen LogP contribution in [-0.4, -0.2) is 6.29 Å². The van der Waals surface area contributed by atoms with Gasteiger partial charge >= 0.3 is 0 Å². The molecule has 0 aliphatic heterocycles. The minimum absolute atomic E-state index is 0.777. The van der Waals surface area contributed by atoms with E-state index >= 15 is 0 Å². The Bertz CT molecular complexity index is 307. The predicted octanol–water partition coefficient (Wildman–Crippen LogP) is 3.62. The minimum Gasteiger partial charge on any atom is -0.298 e. The van der Waals surface area contributed by atoms with Gasteiger partial charge < -0.3 is 0 Å². The van der Waals surface area contributed by atoms with Crippen molar-refractivity contribution in [1.29, 1.82) is 0 Å². The van der Waals surface area contributed by atoms with E-state index in [0.29, 0.717) is 0 Å². The number of aldehydes is 1. The summed E-state index contributed by atoms with van der Waals surface area (Å²) in [6.45, 7) is 0. The van der Waals surface area contributed by atoms with Gasteiger partial charge in [-0.05, 0) is 24.3 Å². The molecule has 1 heteroatoms. The van der Waals surface area contributed by atoms with Gasteiger partial charge in [0.15, 0.2) is 0 Å². The van der Waals surface area contributed by atoms with Crippen molar-refractivity contribution >= 4 is 6.29 Å². The molecule has 0 atom stereocenters. The van der Waals surface area contributed by atoms with Crippen LogP contribution in [-0.2, 0) is 6.42 Å². The lowest BCUT2D eigenvalue weighted by Crippen LogP contribution is -1.96. The van der Waals surface area contributed by atoms with E-state index in [2.05, 4.69) is 12.1 Å². The Hall–Kier alpha value is -1.11. The Balaban J connectivity index is 1.84. The molecule has 1 aliphatic carbocycles. The Morgan fingerprint density at radius 2 is 1.80 bits per heavy atom. The van der Waals surface area contributed by atoms with Crippen LogP contribution < -0.4 is 0 Å². The van der Waals surface area contributed by atoms with Gasteiger partial charge in [-0.1, -0.05) is 49.9 Å². The molecule has 0 bridgehead atoms. The topological polar surface area (TPSA) is 17.1 Å². The average molecular weight is 202 g/mol. The van der Waals surface area contributed by atoms with Crippen LogP contribution in [0.4, 0.5) is 0 Å². The predicted molar refractivity (Wildman–Crippen MR) is 62.1 cm³/mol. The molecule has 1 aliphatic rings. The number of hydrogen-bond donors (Lipinski definition) is 0. The standard InChI is InChI=1S/C14H18O/c15-11-14-9-7-13(8-10-14)6-5-12-3-1-2-4-12/h7-12H,1-6H2. The van der Waals surface area contributed by atoms with E-state index in [1.54, 1.807) is 0 Å². The molecule has 1 nitrogen and oxygen atoms in total. The molecule has 0 radical (unpaired) electrons. The first-order valence-electron chi connectivity index (χ1n) is 5.92. The molecular weight excluding hydrogens is 184 g/mol. The zero-order chi connectivity index (χ0) is 10.5. The molecule has 0 amide bonds. The van der Waals surface area contributed by atoms with Crippen molar-refractivity contribution in [2.45, 2.75) is 38.5 Å². The van der Waals surface area contributed by atoms with E-state index in [1.807, 2.05) is 12.1 Å². The number of benzene rings is 1. The van der Waals surface area contributed by atoms with Gasteiger partial charge in [-0.3, -0.25) is 4.79 Å². The molecule has 0 spiro atoms. The van der Waals surface area contributed by atoms with Crippen molar-refractivity contribution < 1.29 is 4.79 Å². The third-order valence-corrected chi connectivity index (χ3v) is 3.43. The van der Waals surface area contributed by atoms with Crippen molar-refractivity contribution in [2.75, 3.05) is 0 Å². The minimum atomic E-state index is 0.777. The van der Waals surface area contributed by atoms with Gasteiger partial charge in [-0.2, -0.15) is 0 Å². The van der Waals surface area contributed by atoms with Crippen LogP contribution in [0.3, 0.4) is 0 Å². The lowest BCUT2D eigenvalue weighted by Gasteiger charge is -2.08. The maximum Gasteiger partial charge on any atom is 0.150 e. The first kappa shape index (κ1) is 10.4.